The molecule has 0 aliphatic carbocycles. The Morgan fingerprint density at radius 3 is 2.78 bits per heavy atom. The number of anilines is 2. The summed E-state index contributed by atoms with van der Waals surface area (Å²) in [4.78, 5) is 15.9. The fourth-order valence-electron chi connectivity index (χ4n) is 1.48. The van der Waals surface area contributed by atoms with E-state index in [1.807, 2.05) is 0 Å². The number of aromatic nitrogens is 1. The van der Waals surface area contributed by atoms with Gasteiger partial charge in [0, 0.05) is 23.3 Å². The molecule has 0 aliphatic heterocycles. The highest BCUT2D eigenvalue weighted by Crippen LogP contribution is 2.17. The van der Waals surface area contributed by atoms with Gasteiger partial charge in [-0.25, -0.2) is 4.98 Å². The van der Waals surface area contributed by atoms with Gasteiger partial charge in [-0.3, -0.25) is 4.79 Å². The average molecular weight is 262 g/mol. The van der Waals surface area contributed by atoms with Crippen LogP contribution in [0.2, 0.25) is 0 Å². The van der Waals surface area contributed by atoms with E-state index in [1.165, 1.54) is 0 Å². The molecule has 0 saturated heterocycles. The Kier molecular flexibility index (Phi) is 3.79. The normalized spacial score (nSPS) is 10.1. The number of amides is 1. The van der Waals surface area contributed by atoms with Crippen molar-refractivity contribution in [1.29, 1.82) is 0 Å². The van der Waals surface area contributed by atoms with Crippen LogP contribution in [-0.4, -0.2) is 10.9 Å². The Labute approximate surface area is 110 Å². The maximum absolute atomic E-state index is 11.9. The van der Waals surface area contributed by atoms with Crippen molar-refractivity contribution in [3.8, 4) is 0 Å². The maximum Gasteiger partial charge on any atom is 0.256 e. The Hall–Kier alpha value is -2.07. The summed E-state index contributed by atoms with van der Waals surface area (Å²) in [6.07, 6.45) is 1.61. The van der Waals surface area contributed by atoms with Crippen molar-refractivity contribution < 1.29 is 4.79 Å². The van der Waals surface area contributed by atoms with Gasteiger partial charge in [-0.2, -0.15) is 0 Å². The van der Waals surface area contributed by atoms with Gasteiger partial charge in [-0.15, -0.1) is 11.6 Å². The summed E-state index contributed by atoms with van der Waals surface area (Å²) in [6.45, 7) is 0. The number of nitrogen functional groups attached to an aromatic ring is 1. The summed E-state index contributed by atoms with van der Waals surface area (Å²) in [5, 5.41) is 2.68. The van der Waals surface area contributed by atoms with Crippen LogP contribution in [-0.2, 0) is 5.88 Å². The SMILES string of the molecule is Nc1cc(C(=O)Nc2ccccn2)ccc1CCl. The molecule has 92 valence electrons. The van der Waals surface area contributed by atoms with Crippen molar-refractivity contribution in [2.24, 2.45) is 0 Å². The largest absolute Gasteiger partial charge is 0.398 e. The third-order valence-electron chi connectivity index (χ3n) is 2.46. The second-order valence-electron chi connectivity index (χ2n) is 3.72. The third kappa shape index (κ3) is 2.78. The Morgan fingerprint density at radius 2 is 2.17 bits per heavy atom. The summed E-state index contributed by atoms with van der Waals surface area (Å²) in [5.41, 5.74) is 7.59. The van der Waals surface area contributed by atoms with Gasteiger partial charge < -0.3 is 11.1 Å². The highest BCUT2D eigenvalue weighted by Gasteiger charge is 2.08. The first-order chi connectivity index (χ1) is 8.70. The second-order valence-corrected chi connectivity index (χ2v) is 3.98. The van der Waals surface area contributed by atoms with Gasteiger partial charge in [-0.05, 0) is 29.8 Å². The first-order valence-corrected chi connectivity index (χ1v) is 5.91. The number of alkyl halides is 1. The molecule has 0 aliphatic rings. The number of nitrogens with one attached hydrogen (secondary N) is 1. The summed E-state index contributed by atoms with van der Waals surface area (Å²) in [7, 11) is 0. The number of benzene rings is 1. The summed E-state index contributed by atoms with van der Waals surface area (Å²) in [6, 6.07) is 10.3. The van der Waals surface area contributed by atoms with Crippen molar-refractivity contribution in [3.05, 3.63) is 53.7 Å². The van der Waals surface area contributed by atoms with Gasteiger partial charge in [0.25, 0.3) is 5.91 Å². The van der Waals surface area contributed by atoms with E-state index in [4.69, 9.17) is 17.3 Å². The Morgan fingerprint density at radius 1 is 1.33 bits per heavy atom. The van der Waals surface area contributed by atoms with Crippen molar-refractivity contribution in [2.75, 3.05) is 11.1 Å². The molecule has 1 aromatic carbocycles. The van der Waals surface area contributed by atoms with Gasteiger partial charge in [0.05, 0.1) is 0 Å². The smallest absolute Gasteiger partial charge is 0.256 e. The van der Waals surface area contributed by atoms with Gasteiger partial charge in [0.15, 0.2) is 0 Å². The fraction of sp³-hybridized carbons (Fsp3) is 0.0769. The van der Waals surface area contributed by atoms with Crippen molar-refractivity contribution >= 4 is 29.0 Å². The number of carbonyl (C=O) groups is 1. The van der Waals surface area contributed by atoms with Crippen LogP contribution >= 0.6 is 11.6 Å². The molecular weight excluding hydrogens is 250 g/mol. The zero-order valence-corrected chi connectivity index (χ0v) is 10.3. The minimum absolute atomic E-state index is 0.249. The van der Waals surface area contributed by atoms with E-state index < -0.39 is 0 Å². The van der Waals surface area contributed by atoms with Gasteiger partial charge in [0.2, 0.25) is 0 Å². The van der Waals surface area contributed by atoms with Crippen LogP contribution < -0.4 is 11.1 Å². The monoisotopic (exact) mass is 261 g/mol. The van der Waals surface area contributed by atoms with E-state index in [2.05, 4.69) is 10.3 Å². The number of hydrogen-bond donors (Lipinski definition) is 2. The van der Waals surface area contributed by atoms with Crippen molar-refractivity contribution in [2.45, 2.75) is 5.88 Å². The second kappa shape index (κ2) is 5.51. The molecule has 0 fully saturated rings. The first kappa shape index (κ1) is 12.4. The molecule has 0 bridgehead atoms. The molecule has 5 heteroatoms. The highest BCUT2D eigenvalue weighted by atomic mass is 35.5. The van der Waals surface area contributed by atoms with Crippen molar-refractivity contribution in [3.63, 3.8) is 0 Å². The van der Waals surface area contributed by atoms with Crippen LogP contribution in [0.15, 0.2) is 42.6 Å². The molecule has 2 aromatic rings. The molecule has 0 atom stereocenters. The van der Waals surface area contributed by atoms with Gasteiger partial charge >= 0.3 is 0 Å². The lowest BCUT2D eigenvalue weighted by Gasteiger charge is -2.07. The van der Waals surface area contributed by atoms with Gasteiger partial charge in [-0.1, -0.05) is 12.1 Å². The molecule has 1 amide bonds. The van der Waals surface area contributed by atoms with Crippen LogP contribution in [0.3, 0.4) is 0 Å². The van der Waals surface area contributed by atoms with Crippen LogP contribution in [0.4, 0.5) is 11.5 Å². The van der Waals surface area contributed by atoms with E-state index in [9.17, 15) is 4.79 Å². The first-order valence-electron chi connectivity index (χ1n) is 5.37. The molecule has 0 radical (unpaired) electrons. The van der Waals surface area contributed by atoms with E-state index in [1.54, 1.807) is 42.6 Å². The van der Waals surface area contributed by atoms with Crippen LogP contribution in [0.1, 0.15) is 15.9 Å². The fourth-order valence-corrected chi connectivity index (χ4v) is 1.73. The average Bonchev–Trinajstić information content (AvgIpc) is 2.39. The predicted molar refractivity (Wildman–Crippen MR) is 72.6 cm³/mol. The van der Waals surface area contributed by atoms with Gasteiger partial charge in [0.1, 0.15) is 5.82 Å². The molecule has 1 heterocycles. The Bertz CT molecular complexity index is 557. The maximum atomic E-state index is 11.9. The molecule has 0 spiro atoms. The third-order valence-corrected chi connectivity index (χ3v) is 2.75. The lowest BCUT2D eigenvalue weighted by Crippen LogP contribution is -2.13. The summed E-state index contributed by atoms with van der Waals surface area (Å²) < 4.78 is 0. The minimum atomic E-state index is -0.249. The molecule has 0 unspecified atom stereocenters. The molecule has 0 saturated carbocycles. The zero-order valence-electron chi connectivity index (χ0n) is 9.56. The molecule has 3 N–H and O–H groups in total. The van der Waals surface area contributed by atoms with Crippen LogP contribution in [0.5, 0.6) is 0 Å². The van der Waals surface area contributed by atoms with Crippen LogP contribution in [0.25, 0.3) is 0 Å². The standard InChI is InChI=1S/C13H12ClN3O/c14-8-10-5-4-9(7-11(10)15)13(18)17-12-3-1-2-6-16-12/h1-7H,8,15H2,(H,16,17,18). The number of halogens is 1. The molecule has 4 nitrogen and oxygen atoms in total. The topological polar surface area (TPSA) is 68.0 Å². The zero-order chi connectivity index (χ0) is 13.0. The number of nitrogens with two attached hydrogens (primary N) is 1. The highest BCUT2D eigenvalue weighted by molar-refractivity contribution is 6.17. The lowest BCUT2D eigenvalue weighted by atomic mass is 10.1. The molecule has 18 heavy (non-hydrogen) atoms. The number of nitrogens with zero attached hydrogens (tertiary/aromatic N) is 1. The van der Waals surface area contributed by atoms with E-state index in [-0.39, 0.29) is 5.91 Å². The van der Waals surface area contributed by atoms with E-state index in [0.717, 1.165) is 5.56 Å². The number of hydrogen-bond acceptors (Lipinski definition) is 3. The minimum Gasteiger partial charge on any atom is -0.398 e. The van der Waals surface area contributed by atoms with Crippen LogP contribution in [0, 0.1) is 0 Å². The molecule has 1 aromatic heterocycles. The Balaban J connectivity index is 2.17. The van der Waals surface area contributed by atoms with E-state index in [0.29, 0.717) is 22.9 Å². The number of pyridine rings is 1. The lowest BCUT2D eigenvalue weighted by molar-refractivity contribution is 0.102. The quantitative estimate of drug-likeness (QED) is 0.659. The van der Waals surface area contributed by atoms with E-state index >= 15 is 0 Å². The summed E-state index contributed by atoms with van der Waals surface area (Å²) in [5.74, 6) is 0.581. The molecular formula is C13H12ClN3O. The predicted octanol–water partition coefficient (Wildman–Crippen LogP) is 2.65. The number of rotatable bonds is 3. The number of carbonyl (C=O) groups excluding carboxylic acids is 1. The summed E-state index contributed by atoms with van der Waals surface area (Å²) >= 11 is 5.70. The van der Waals surface area contributed by atoms with Crippen molar-refractivity contribution in [1.82, 2.24) is 4.98 Å². The molecule has 2 rings (SSSR count).